The van der Waals surface area contributed by atoms with Crippen molar-refractivity contribution in [3.63, 3.8) is 0 Å². The number of alkyl halides is 3. The van der Waals surface area contributed by atoms with Crippen molar-refractivity contribution in [1.82, 2.24) is 5.32 Å². The van der Waals surface area contributed by atoms with Gasteiger partial charge in [0.2, 0.25) is 0 Å². The number of amides is 1. The molecule has 100 valence electrons. The molecule has 1 aromatic rings. The van der Waals surface area contributed by atoms with Crippen molar-refractivity contribution in [2.24, 2.45) is 0 Å². The van der Waals surface area contributed by atoms with Crippen molar-refractivity contribution >= 4 is 17.7 Å². The van der Waals surface area contributed by atoms with Crippen molar-refractivity contribution in [2.75, 3.05) is 12.3 Å². The average molecular weight is 285 g/mol. The van der Waals surface area contributed by atoms with Gasteiger partial charge in [-0.2, -0.15) is 13.2 Å². The highest BCUT2D eigenvalue weighted by Crippen LogP contribution is 2.29. The third-order valence-corrected chi connectivity index (χ3v) is 2.51. The standard InChI is InChI=1S/C10H8F5NOS/c11-7-3-6(4-8(12)5-7)9(17)16-1-2-18-10(13,14)15/h3-5H,1-2H2,(H,16,17). The van der Waals surface area contributed by atoms with E-state index in [9.17, 15) is 26.7 Å². The molecule has 8 heteroatoms. The molecule has 0 aliphatic rings. The van der Waals surface area contributed by atoms with Crippen molar-refractivity contribution < 1.29 is 26.7 Å². The molecular formula is C10H8F5NOS. The summed E-state index contributed by atoms with van der Waals surface area (Å²) in [5.41, 5.74) is -4.64. The smallest absolute Gasteiger partial charge is 0.351 e. The third-order valence-electron chi connectivity index (χ3n) is 1.78. The Morgan fingerprint density at radius 2 is 1.72 bits per heavy atom. The molecule has 1 N–H and O–H groups in total. The first-order valence-electron chi connectivity index (χ1n) is 4.73. The first kappa shape index (κ1) is 14.7. The predicted octanol–water partition coefficient (Wildman–Crippen LogP) is 2.95. The lowest BCUT2D eigenvalue weighted by Gasteiger charge is -2.07. The van der Waals surface area contributed by atoms with Crippen molar-refractivity contribution in [3.05, 3.63) is 35.4 Å². The van der Waals surface area contributed by atoms with Crippen LogP contribution >= 0.6 is 11.8 Å². The minimum atomic E-state index is -4.37. The number of hydrogen-bond acceptors (Lipinski definition) is 2. The zero-order valence-electron chi connectivity index (χ0n) is 8.85. The summed E-state index contributed by atoms with van der Waals surface area (Å²) in [6, 6.07) is 2.20. The lowest BCUT2D eigenvalue weighted by molar-refractivity contribution is -0.0327. The number of hydrogen-bond donors (Lipinski definition) is 1. The number of carbonyl (C=O) groups excluding carboxylic acids is 1. The van der Waals surface area contributed by atoms with Crippen LogP contribution < -0.4 is 5.32 Å². The van der Waals surface area contributed by atoms with Gasteiger partial charge in [0.05, 0.1) is 0 Å². The molecule has 2 nitrogen and oxygen atoms in total. The molecule has 0 spiro atoms. The molecule has 0 saturated carbocycles. The number of carbonyl (C=O) groups is 1. The fraction of sp³-hybridized carbons (Fsp3) is 0.300. The normalized spacial score (nSPS) is 11.4. The van der Waals surface area contributed by atoms with Crippen LogP contribution in [0.25, 0.3) is 0 Å². The van der Waals surface area contributed by atoms with Crippen LogP contribution in [0.4, 0.5) is 22.0 Å². The van der Waals surface area contributed by atoms with Gasteiger partial charge in [-0.05, 0) is 23.9 Å². The average Bonchev–Trinajstić information content (AvgIpc) is 2.21. The molecule has 0 heterocycles. The molecule has 0 aromatic heterocycles. The van der Waals surface area contributed by atoms with Gasteiger partial charge in [0.25, 0.3) is 5.91 Å². The van der Waals surface area contributed by atoms with Crippen LogP contribution in [-0.2, 0) is 0 Å². The van der Waals surface area contributed by atoms with Gasteiger partial charge in [-0.1, -0.05) is 0 Å². The Kier molecular flexibility index (Phi) is 4.94. The van der Waals surface area contributed by atoms with E-state index in [1.807, 2.05) is 0 Å². The zero-order chi connectivity index (χ0) is 13.8. The molecule has 0 fully saturated rings. The molecule has 1 amide bonds. The van der Waals surface area contributed by atoms with Crippen LogP contribution in [0.2, 0.25) is 0 Å². The van der Waals surface area contributed by atoms with Crippen LogP contribution in [0.3, 0.4) is 0 Å². The highest BCUT2D eigenvalue weighted by atomic mass is 32.2. The Morgan fingerprint density at radius 3 is 2.22 bits per heavy atom. The van der Waals surface area contributed by atoms with Crippen molar-refractivity contribution in [1.29, 1.82) is 0 Å². The number of halogens is 5. The predicted molar refractivity (Wildman–Crippen MR) is 57.2 cm³/mol. The summed E-state index contributed by atoms with van der Waals surface area (Å²) in [5.74, 6) is -3.04. The van der Waals surface area contributed by atoms with Gasteiger partial charge in [-0.15, -0.1) is 0 Å². The second-order valence-electron chi connectivity index (χ2n) is 3.21. The number of rotatable bonds is 4. The summed E-state index contributed by atoms with van der Waals surface area (Å²) < 4.78 is 60.8. The molecule has 0 radical (unpaired) electrons. The Labute approximate surface area is 104 Å². The number of nitrogens with one attached hydrogen (secondary N) is 1. The summed E-state index contributed by atoms with van der Waals surface area (Å²) in [4.78, 5) is 11.3. The van der Waals surface area contributed by atoms with E-state index in [0.29, 0.717) is 6.07 Å². The van der Waals surface area contributed by atoms with E-state index in [-0.39, 0.29) is 29.6 Å². The number of benzene rings is 1. The Balaban J connectivity index is 2.46. The first-order valence-corrected chi connectivity index (χ1v) is 5.71. The largest absolute Gasteiger partial charge is 0.441 e. The van der Waals surface area contributed by atoms with E-state index in [1.54, 1.807) is 0 Å². The second kappa shape index (κ2) is 6.03. The van der Waals surface area contributed by atoms with Crippen molar-refractivity contribution in [2.45, 2.75) is 5.51 Å². The maximum Gasteiger partial charge on any atom is 0.441 e. The van der Waals surface area contributed by atoms with Crippen LogP contribution in [0.15, 0.2) is 18.2 Å². The van der Waals surface area contributed by atoms with E-state index in [2.05, 4.69) is 5.32 Å². The van der Waals surface area contributed by atoms with Gasteiger partial charge < -0.3 is 5.32 Å². The van der Waals surface area contributed by atoms with E-state index >= 15 is 0 Å². The zero-order valence-corrected chi connectivity index (χ0v) is 9.67. The van der Waals surface area contributed by atoms with Crippen LogP contribution in [0, 0.1) is 11.6 Å². The summed E-state index contributed by atoms with van der Waals surface area (Å²) in [7, 11) is 0. The lowest BCUT2D eigenvalue weighted by Crippen LogP contribution is -2.26. The van der Waals surface area contributed by atoms with E-state index in [0.717, 1.165) is 12.1 Å². The van der Waals surface area contributed by atoms with Gasteiger partial charge in [-0.25, -0.2) is 8.78 Å². The Hall–Kier alpha value is -1.31. The fourth-order valence-corrected chi connectivity index (χ4v) is 1.55. The van der Waals surface area contributed by atoms with Gasteiger partial charge in [0.15, 0.2) is 0 Å². The first-order chi connectivity index (χ1) is 8.28. The van der Waals surface area contributed by atoms with Gasteiger partial charge in [-0.3, -0.25) is 4.79 Å². The summed E-state index contributed by atoms with van der Waals surface area (Å²) in [6.07, 6.45) is 0. The number of thioether (sulfide) groups is 1. The maximum atomic E-state index is 12.8. The van der Waals surface area contributed by atoms with Crippen LogP contribution in [-0.4, -0.2) is 23.7 Å². The van der Waals surface area contributed by atoms with Gasteiger partial charge in [0.1, 0.15) is 11.6 Å². The molecule has 0 unspecified atom stereocenters. The Morgan fingerprint density at radius 1 is 1.17 bits per heavy atom. The van der Waals surface area contributed by atoms with Crippen molar-refractivity contribution in [3.8, 4) is 0 Å². The van der Waals surface area contributed by atoms with Gasteiger partial charge >= 0.3 is 5.51 Å². The molecule has 0 atom stereocenters. The molecular weight excluding hydrogens is 277 g/mol. The minimum absolute atomic E-state index is 0.249. The summed E-state index contributed by atoms with van der Waals surface area (Å²) in [5, 5.41) is 2.13. The highest BCUT2D eigenvalue weighted by Gasteiger charge is 2.27. The molecule has 0 bridgehead atoms. The fourth-order valence-electron chi connectivity index (χ4n) is 1.12. The molecule has 1 aromatic carbocycles. The molecule has 0 aliphatic carbocycles. The quantitative estimate of drug-likeness (QED) is 0.680. The maximum absolute atomic E-state index is 12.8. The SMILES string of the molecule is O=C(NCCSC(F)(F)F)c1cc(F)cc(F)c1. The van der Waals surface area contributed by atoms with E-state index < -0.39 is 23.0 Å². The Bertz CT molecular complexity index is 415. The molecule has 0 aliphatic heterocycles. The van der Waals surface area contributed by atoms with Crippen LogP contribution in [0.5, 0.6) is 0 Å². The summed E-state index contributed by atoms with van der Waals surface area (Å²) in [6.45, 7) is -0.249. The summed E-state index contributed by atoms with van der Waals surface area (Å²) >= 11 is -0.286. The second-order valence-corrected chi connectivity index (χ2v) is 4.37. The molecule has 0 saturated heterocycles. The minimum Gasteiger partial charge on any atom is -0.351 e. The van der Waals surface area contributed by atoms with E-state index in [4.69, 9.17) is 0 Å². The van der Waals surface area contributed by atoms with Crippen LogP contribution in [0.1, 0.15) is 10.4 Å². The highest BCUT2D eigenvalue weighted by molar-refractivity contribution is 8.00. The van der Waals surface area contributed by atoms with Gasteiger partial charge in [0, 0.05) is 23.9 Å². The van der Waals surface area contributed by atoms with E-state index in [1.165, 1.54) is 0 Å². The topological polar surface area (TPSA) is 29.1 Å². The molecule has 1 rings (SSSR count). The molecule has 18 heavy (non-hydrogen) atoms. The lowest BCUT2D eigenvalue weighted by atomic mass is 10.2. The third kappa shape index (κ3) is 5.35. The monoisotopic (exact) mass is 285 g/mol.